The van der Waals surface area contributed by atoms with Crippen molar-refractivity contribution < 1.29 is 24.6 Å². The number of hydrogen-bond acceptors (Lipinski definition) is 2. The van der Waals surface area contributed by atoms with Crippen LogP contribution >= 0.6 is 7.82 Å². The predicted octanol–water partition coefficient (Wildman–Crippen LogP) is 0.192. The van der Waals surface area contributed by atoms with Crippen LogP contribution in [0.15, 0.2) is 0 Å². The second kappa shape index (κ2) is 8.24. The summed E-state index contributed by atoms with van der Waals surface area (Å²) < 4.78 is 14.0. The fourth-order valence-corrected chi connectivity index (χ4v) is 0.824. The summed E-state index contributed by atoms with van der Waals surface area (Å²) in [5.41, 5.74) is 0. The van der Waals surface area contributed by atoms with Crippen LogP contribution in [0.5, 0.6) is 0 Å². The Morgan fingerprint density at radius 3 is 1.70 bits per heavy atom. The molecular weight excluding hydrogens is 211 g/mol. The summed E-state index contributed by atoms with van der Waals surface area (Å²) in [6.07, 6.45) is -0.421. The van der Waals surface area contributed by atoms with Gasteiger partial charge in [-0.1, -0.05) is 0 Å². The van der Waals surface area contributed by atoms with Crippen molar-refractivity contribution in [3.63, 3.8) is 0 Å². The summed E-state index contributed by atoms with van der Waals surface area (Å²) in [6, 6.07) is 0. The van der Waals surface area contributed by atoms with Gasteiger partial charge in [0, 0.05) is 0 Å². The van der Waals surface area contributed by atoms with Gasteiger partial charge in [-0.2, -0.15) is 0 Å². The third-order valence-electron chi connectivity index (χ3n) is 0.348. The predicted molar refractivity (Wildman–Crippen MR) is 44.2 cm³/mol. The maximum absolute atomic E-state index is 9.91. The zero-order valence-corrected chi connectivity index (χ0v) is 11.5. The first kappa shape index (κ1) is 18.4. The molecule has 0 aromatic rings. The molecule has 0 aliphatic rings. The molecule has 0 rings (SSSR count). The van der Waals surface area contributed by atoms with E-state index in [-0.39, 0.29) is 81.2 Å². The smallest absolute Gasteiger partial charge is 1.00 e. The first-order chi connectivity index (χ1) is 3.42. The Labute approximate surface area is 126 Å². The van der Waals surface area contributed by atoms with Gasteiger partial charge in [0.2, 0.25) is 0 Å². The molecule has 0 atom stereocenters. The van der Waals surface area contributed by atoms with Crippen LogP contribution in [0.25, 0.3) is 0 Å². The SMILES string of the molecule is CC(C)OP(=O)(O)O.[Ca+2].[Ca+2].[H-].[H-].[H-].[H-]. The summed E-state index contributed by atoms with van der Waals surface area (Å²) >= 11 is 0. The molecule has 0 aromatic heterocycles. The molecule has 2 N–H and O–H groups in total. The van der Waals surface area contributed by atoms with Gasteiger partial charge < -0.3 is 15.5 Å². The van der Waals surface area contributed by atoms with Crippen LogP contribution in [0.2, 0.25) is 0 Å². The minimum Gasteiger partial charge on any atom is -1.00 e. The first-order valence-corrected chi connectivity index (χ1v) is 3.69. The summed E-state index contributed by atoms with van der Waals surface area (Å²) in [6.45, 7) is 3.11. The van der Waals surface area contributed by atoms with Crippen molar-refractivity contribution in [3.8, 4) is 0 Å². The molecule has 58 valence electrons. The average molecular weight is 224 g/mol. The second-order valence-corrected chi connectivity index (χ2v) is 2.84. The van der Waals surface area contributed by atoms with Gasteiger partial charge in [-0.05, 0) is 13.8 Å². The Balaban J connectivity index is -0.0000000163. The minimum absolute atomic E-state index is 0. The number of phosphoric acid groups is 1. The third-order valence-corrected chi connectivity index (χ3v) is 1.04. The van der Waals surface area contributed by atoms with Crippen molar-refractivity contribution in [3.05, 3.63) is 0 Å². The monoisotopic (exact) mass is 224 g/mol. The molecule has 0 fully saturated rings. The summed E-state index contributed by atoms with van der Waals surface area (Å²) in [5, 5.41) is 0. The van der Waals surface area contributed by atoms with Crippen LogP contribution in [-0.4, -0.2) is 91.4 Å². The molecule has 0 saturated carbocycles. The molecule has 0 aromatic carbocycles. The molecule has 0 aliphatic carbocycles. The normalized spacial score (nSPS) is 10.1. The molecule has 0 heterocycles. The van der Waals surface area contributed by atoms with E-state index in [4.69, 9.17) is 9.79 Å². The summed E-state index contributed by atoms with van der Waals surface area (Å²) in [5.74, 6) is 0. The standard InChI is InChI=1S/C3H9O4P.2Ca.4H/c1-3(2)7-8(4,5)6;;;;;;/h3H,1-2H3,(H2,4,5,6);;;;;;/q;2*+2;4*-1. The summed E-state index contributed by atoms with van der Waals surface area (Å²) in [7, 11) is -4.22. The third kappa shape index (κ3) is 16.9. The van der Waals surface area contributed by atoms with E-state index < -0.39 is 13.9 Å². The largest absolute Gasteiger partial charge is 2.00 e. The van der Waals surface area contributed by atoms with Crippen LogP contribution in [0.3, 0.4) is 0 Å². The van der Waals surface area contributed by atoms with Gasteiger partial charge in [0.15, 0.2) is 0 Å². The topological polar surface area (TPSA) is 66.8 Å². The zero-order valence-electron chi connectivity index (χ0n) is 10.1. The fourth-order valence-electron chi connectivity index (χ4n) is 0.275. The van der Waals surface area contributed by atoms with Gasteiger partial charge in [0.05, 0.1) is 6.10 Å². The van der Waals surface area contributed by atoms with Crippen molar-refractivity contribution in [1.29, 1.82) is 0 Å². The number of hydrogen-bond donors (Lipinski definition) is 2. The zero-order chi connectivity index (χ0) is 6.78. The van der Waals surface area contributed by atoms with Gasteiger partial charge in [-0.15, -0.1) is 0 Å². The van der Waals surface area contributed by atoms with Gasteiger partial charge >= 0.3 is 83.3 Å². The van der Waals surface area contributed by atoms with Crippen LogP contribution in [0, 0.1) is 0 Å². The molecule has 0 aliphatic heterocycles. The van der Waals surface area contributed by atoms with Crippen molar-refractivity contribution in [1.82, 2.24) is 0 Å². The Hall–Kier alpha value is 2.63. The van der Waals surface area contributed by atoms with Crippen molar-refractivity contribution in [2.24, 2.45) is 0 Å². The molecular formula is C3H13Ca2O4P. The molecule has 0 unspecified atom stereocenters. The fraction of sp³-hybridized carbons (Fsp3) is 1.00. The van der Waals surface area contributed by atoms with E-state index in [1.54, 1.807) is 13.8 Å². The Morgan fingerprint density at radius 1 is 1.40 bits per heavy atom. The quantitative estimate of drug-likeness (QED) is 0.519. The maximum atomic E-state index is 9.91. The first-order valence-electron chi connectivity index (χ1n) is 2.16. The van der Waals surface area contributed by atoms with Crippen LogP contribution in [0.4, 0.5) is 0 Å². The molecule has 7 heteroatoms. The molecule has 10 heavy (non-hydrogen) atoms. The second-order valence-electron chi connectivity index (χ2n) is 1.64. The molecule has 4 nitrogen and oxygen atoms in total. The molecule has 0 radical (unpaired) electrons. The van der Waals surface area contributed by atoms with E-state index in [0.29, 0.717) is 0 Å². The van der Waals surface area contributed by atoms with E-state index in [9.17, 15) is 4.57 Å². The van der Waals surface area contributed by atoms with E-state index in [2.05, 4.69) is 4.52 Å². The Morgan fingerprint density at radius 2 is 1.70 bits per heavy atom. The molecule has 0 spiro atoms. The molecule has 0 saturated heterocycles. The summed E-state index contributed by atoms with van der Waals surface area (Å²) in [4.78, 5) is 16.2. The van der Waals surface area contributed by atoms with Crippen LogP contribution in [-0.2, 0) is 9.09 Å². The van der Waals surface area contributed by atoms with Gasteiger partial charge in [0.1, 0.15) is 0 Å². The Bertz CT molecular complexity index is 123. The minimum atomic E-state index is -4.22. The van der Waals surface area contributed by atoms with Crippen molar-refractivity contribution in [2.75, 3.05) is 0 Å². The maximum Gasteiger partial charge on any atom is 2.00 e. The van der Waals surface area contributed by atoms with Gasteiger partial charge in [-0.3, -0.25) is 4.52 Å². The van der Waals surface area contributed by atoms with E-state index in [0.717, 1.165) is 0 Å². The molecule has 0 bridgehead atoms. The Kier molecular flexibility index (Phi) is 15.2. The van der Waals surface area contributed by atoms with E-state index >= 15 is 0 Å². The van der Waals surface area contributed by atoms with E-state index in [1.165, 1.54) is 0 Å². The molecule has 0 amide bonds. The van der Waals surface area contributed by atoms with Gasteiger partial charge in [-0.25, -0.2) is 4.57 Å². The van der Waals surface area contributed by atoms with Crippen molar-refractivity contribution in [2.45, 2.75) is 20.0 Å². The van der Waals surface area contributed by atoms with Crippen LogP contribution in [0.1, 0.15) is 19.6 Å². The average Bonchev–Trinajstić information content (AvgIpc) is 1.21. The van der Waals surface area contributed by atoms with Gasteiger partial charge in [0.25, 0.3) is 0 Å². The number of rotatable bonds is 2. The van der Waals surface area contributed by atoms with E-state index in [1.807, 2.05) is 0 Å². The number of phosphoric ester groups is 1. The van der Waals surface area contributed by atoms with Crippen LogP contribution < -0.4 is 0 Å². The van der Waals surface area contributed by atoms with Crippen molar-refractivity contribution >= 4 is 83.3 Å².